The summed E-state index contributed by atoms with van der Waals surface area (Å²) >= 11 is 0.112. The standard InChI is InChI=1S/C19H19F6N3O2S/c1-16(14(29)28-15(31-16)27-12-9-10-5-6-11(12)8-10)17(18(20,21)22,19(23,24)25)30-13-4-2-3-7-26-13/h2-4,7,10-12H,5-6,8-9H2,1H3,(H,27,28,29)/t10-,11+,12+,16?/m1/s1. The lowest BCUT2D eigenvalue weighted by Crippen LogP contribution is -2.74. The van der Waals surface area contributed by atoms with E-state index in [9.17, 15) is 31.1 Å². The molecule has 1 unspecified atom stereocenters. The number of carbonyl (C=O) groups excluding carboxylic acids is 1. The van der Waals surface area contributed by atoms with Crippen LogP contribution in [0, 0.1) is 11.8 Å². The number of alkyl halides is 6. The minimum atomic E-state index is -5.98. The van der Waals surface area contributed by atoms with Crippen LogP contribution in [0.5, 0.6) is 5.88 Å². The molecule has 1 aromatic rings. The molecule has 0 aromatic carbocycles. The van der Waals surface area contributed by atoms with E-state index >= 15 is 0 Å². The second-order valence-corrected chi connectivity index (χ2v) is 9.62. The maximum atomic E-state index is 14.2. The van der Waals surface area contributed by atoms with Gasteiger partial charge in [0, 0.05) is 12.3 Å². The molecule has 12 heteroatoms. The first-order valence-corrected chi connectivity index (χ1v) is 10.5. The molecule has 170 valence electrons. The molecule has 0 spiro atoms. The SMILES string of the molecule is CC1(C(Oc2ccccn2)(C(F)(F)F)C(F)(F)F)SC(=N[C@H]2C[C@@H]3CC[C@H]2C3)NC1=O. The van der Waals surface area contributed by atoms with Crippen molar-refractivity contribution in [2.75, 3.05) is 0 Å². The number of pyridine rings is 1. The van der Waals surface area contributed by atoms with Gasteiger partial charge in [-0.2, -0.15) is 26.3 Å². The lowest BCUT2D eigenvalue weighted by Gasteiger charge is -2.44. The normalized spacial score (nSPS) is 32.5. The number of amidine groups is 1. The van der Waals surface area contributed by atoms with Crippen LogP contribution in [0.25, 0.3) is 0 Å². The number of nitrogens with zero attached hydrogens (tertiary/aromatic N) is 2. The molecule has 31 heavy (non-hydrogen) atoms. The Kier molecular flexibility index (Phi) is 5.22. The number of aromatic nitrogens is 1. The fraction of sp³-hybridized carbons (Fsp3) is 0.632. The van der Waals surface area contributed by atoms with Gasteiger partial charge in [0.25, 0.3) is 0 Å². The lowest BCUT2D eigenvalue weighted by atomic mass is 9.85. The average molecular weight is 467 g/mol. The molecule has 4 atom stereocenters. The summed E-state index contributed by atoms with van der Waals surface area (Å²) in [5, 5.41) is 1.90. The maximum Gasteiger partial charge on any atom is 0.439 e. The number of carbonyl (C=O) groups is 1. The highest BCUT2D eigenvalue weighted by molar-refractivity contribution is 8.16. The lowest BCUT2D eigenvalue weighted by molar-refractivity contribution is -0.363. The first-order chi connectivity index (χ1) is 14.4. The second kappa shape index (κ2) is 7.28. The summed E-state index contributed by atoms with van der Waals surface area (Å²) in [5.41, 5.74) is -4.85. The molecule has 2 bridgehead atoms. The molecule has 3 fully saturated rings. The number of rotatable bonds is 4. The third kappa shape index (κ3) is 3.46. The van der Waals surface area contributed by atoms with Crippen LogP contribution in [0.4, 0.5) is 26.3 Å². The predicted octanol–water partition coefficient (Wildman–Crippen LogP) is 4.49. The number of hydrogen-bond donors (Lipinski definition) is 1. The maximum absolute atomic E-state index is 14.2. The molecule has 2 saturated carbocycles. The van der Waals surface area contributed by atoms with Crippen molar-refractivity contribution < 1.29 is 35.9 Å². The molecule has 1 aromatic heterocycles. The monoisotopic (exact) mass is 467 g/mol. The number of ether oxygens (including phenoxy) is 1. The van der Waals surface area contributed by atoms with Crippen LogP contribution in [0.3, 0.4) is 0 Å². The minimum absolute atomic E-state index is 0.112. The van der Waals surface area contributed by atoms with Gasteiger partial charge in [0.2, 0.25) is 11.8 Å². The largest absolute Gasteiger partial charge is 0.450 e. The van der Waals surface area contributed by atoms with E-state index in [1.165, 1.54) is 12.1 Å². The Morgan fingerprint density at radius 2 is 1.87 bits per heavy atom. The smallest absolute Gasteiger partial charge is 0.439 e. The molecule has 2 aliphatic carbocycles. The van der Waals surface area contributed by atoms with E-state index in [1.54, 1.807) is 0 Å². The summed E-state index contributed by atoms with van der Waals surface area (Å²) in [6.07, 6.45) is -7.34. The number of fused-ring (bicyclic) bond motifs is 2. The summed E-state index contributed by atoms with van der Waals surface area (Å²) in [7, 11) is 0. The first kappa shape index (κ1) is 22.2. The van der Waals surface area contributed by atoms with Crippen LogP contribution in [-0.4, -0.2) is 44.8 Å². The van der Waals surface area contributed by atoms with Crippen molar-refractivity contribution in [1.29, 1.82) is 0 Å². The van der Waals surface area contributed by atoms with Crippen molar-refractivity contribution in [2.24, 2.45) is 16.8 Å². The Morgan fingerprint density at radius 1 is 1.16 bits per heavy atom. The summed E-state index contributed by atoms with van der Waals surface area (Å²) < 4.78 is 86.5. The molecule has 1 saturated heterocycles. The predicted molar refractivity (Wildman–Crippen MR) is 101 cm³/mol. The molecule has 1 aliphatic heterocycles. The summed E-state index contributed by atoms with van der Waals surface area (Å²) in [6, 6.07) is 3.16. The highest BCUT2D eigenvalue weighted by Crippen LogP contribution is 2.58. The number of thioether (sulfide) groups is 1. The quantitative estimate of drug-likeness (QED) is 0.663. The number of amides is 1. The van der Waals surface area contributed by atoms with Crippen LogP contribution in [0.15, 0.2) is 29.4 Å². The molecule has 5 nitrogen and oxygen atoms in total. The Labute approximate surface area is 178 Å². The molecular formula is C19H19F6N3O2S. The van der Waals surface area contributed by atoms with Crippen molar-refractivity contribution in [3.8, 4) is 5.88 Å². The van der Waals surface area contributed by atoms with E-state index < -0.39 is 34.5 Å². The van der Waals surface area contributed by atoms with E-state index in [1.807, 2.05) is 0 Å². The van der Waals surface area contributed by atoms with Crippen LogP contribution < -0.4 is 10.1 Å². The van der Waals surface area contributed by atoms with E-state index in [-0.39, 0.29) is 28.9 Å². The van der Waals surface area contributed by atoms with Gasteiger partial charge in [-0.15, -0.1) is 0 Å². The van der Waals surface area contributed by atoms with E-state index in [0.717, 1.165) is 37.9 Å². The zero-order chi connectivity index (χ0) is 22.7. The topological polar surface area (TPSA) is 63.6 Å². The molecule has 2 heterocycles. The second-order valence-electron chi connectivity index (χ2n) is 8.21. The van der Waals surface area contributed by atoms with Gasteiger partial charge in [-0.05, 0) is 44.1 Å². The van der Waals surface area contributed by atoms with Crippen LogP contribution >= 0.6 is 11.8 Å². The van der Waals surface area contributed by atoms with Gasteiger partial charge in [0.1, 0.15) is 0 Å². The molecule has 3 aliphatic rings. The van der Waals surface area contributed by atoms with Crippen molar-refractivity contribution in [3.05, 3.63) is 24.4 Å². The number of aliphatic imine (C=N–C) groups is 1. The summed E-state index contributed by atoms with van der Waals surface area (Å²) in [4.78, 5) is 20.4. The molecular weight excluding hydrogens is 448 g/mol. The molecule has 1 amide bonds. The summed E-state index contributed by atoms with van der Waals surface area (Å²) in [5.74, 6) is -1.67. The van der Waals surface area contributed by atoms with Crippen molar-refractivity contribution in [2.45, 2.75) is 61.3 Å². The van der Waals surface area contributed by atoms with Gasteiger partial charge in [-0.1, -0.05) is 24.2 Å². The number of hydrogen-bond acceptors (Lipinski definition) is 5. The average Bonchev–Trinajstić information content (AvgIpc) is 3.34. The zero-order valence-electron chi connectivity index (χ0n) is 16.3. The summed E-state index contributed by atoms with van der Waals surface area (Å²) in [6.45, 7) is 0.584. The Hall–Kier alpha value is -1.98. The number of nitrogens with one attached hydrogen (secondary N) is 1. The zero-order valence-corrected chi connectivity index (χ0v) is 17.1. The van der Waals surface area contributed by atoms with Gasteiger partial charge in [0.05, 0.1) is 6.04 Å². The van der Waals surface area contributed by atoms with Gasteiger partial charge in [-0.25, -0.2) is 4.98 Å². The van der Waals surface area contributed by atoms with Gasteiger partial charge >= 0.3 is 18.0 Å². The third-order valence-corrected chi connectivity index (χ3v) is 7.59. The Morgan fingerprint density at radius 3 is 2.39 bits per heavy atom. The van der Waals surface area contributed by atoms with E-state index in [4.69, 9.17) is 0 Å². The third-order valence-electron chi connectivity index (χ3n) is 6.30. The fourth-order valence-electron chi connectivity index (χ4n) is 4.77. The van der Waals surface area contributed by atoms with Crippen molar-refractivity contribution >= 4 is 22.8 Å². The highest BCUT2D eigenvalue weighted by Gasteiger charge is 2.85. The minimum Gasteiger partial charge on any atom is -0.450 e. The molecule has 1 N–H and O–H groups in total. The Balaban J connectivity index is 1.75. The first-order valence-electron chi connectivity index (χ1n) is 9.69. The van der Waals surface area contributed by atoms with Crippen molar-refractivity contribution in [3.63, 3.8) is 0 Å². The van der Waals surface area contributed by atoms with E-state index in [2.05, 4.69) is 20.0 Å². The van der Waals surface area contributed by atoms with Gasteiger partial charge < -0.3 is 10.1 Å². The van der Waals surface area contributed by atoms with Gasteiger partial charge in [-0.3, -0.25) is 9.79 Å². The fourth-order valence-corrected chi connectivity index (χ4v) is 6.05. The van der Waals surface area contributed by atoms with Crippen LogP contribution in [0.1, 0.15) is 32.6 Å². The number of halogens is 6. The highest BCUT2D eigenvalue weighted by atomic mass is 32.2. The van der Waals surface area contributed by atoms with Gasteiger partial charge in [0.15, 0.2) is 9.91 Å². The molecule has 4 rings (SSSR count). The van der Waals surface area contributed by atoms with Crippen molar-refractivity contribution in [1.82, 2.24) is 10.3 Å². The molecule has 0 radical (unpaired) electrons. The Bertz CT molecular complexity index is 877. The van der Waals surface area contributed by atoms with E-state index in [0.29, 0.717) is 12.8 Å². The van der Waals surface area contributed by atoms with Crippen LogP contribution in [0.2, 0.25) is 0 Å². The van der Waals surface area contributed by atoms with Crippen LogP contribution in [-0.2, 0) is 4.79 Å².